The van der Waals surface area contributed by atoms with Crippen molar-refractivity contribution >= 4 is 16.5 Å². The molecule has 0 amide bonds. The van der Waals surface area contributed by atoms with Crippen molar-refractivity contribution in [2.24, 2.45) is 0 Å². The van der Waals surface area contributed by atoms with E-state index in [2.05, 4.69) is 24.1 Å². The predicted molar refractivity (Wildman–Crippen MR) is 86.7 cm³/mol. The number of hydrogen-bond donors (Lipinski definition) is 1. The second kappa shape index (κ2) is 6.44. The van der Waals surface area contributed by atoms with Gasteiger partial charge in [0, 0.05) is 29.9 Å². The zero-order valence-corrected chi connectivity index (χ0v) is 13.6. The first-order chi connectivity index (χ1) is 9.83. The minimum Gasteiger partial charge on any atom is -0.345 e. The number of hydrogen-bond acceptors (Lipinski definition) is 4. The van der Waals surface area contributed by atoms with Gasteiger partial charge in [0.15, 0.2) is 5.13 Å². The molecule has 1 aliphatic carbocycles. The number of thiazole rings is 1. The van der Waals surface area contributed by atoms with Gasteiger partial charge in [-0.25, -0.2) is 4.98 Å². The number of aromatic nitrogens is 1. The largest absolute Gasteiger partial charge is 0.345 e. The lowest BCUT2D eigenvalue weighted by Crippen LogP contribution is -2.39. The molecule has 1 aromatic heterocycles. The molecule has 0 bridgehead atoms. The predicted octanol–water partition coefficient (Wildman–Crippen LogP) is 3.90. The van der Waals surface area contributed by atoms with Gasteiger partial charge in [-0.1, -0.05) is 13.8 Å². The molecule has 2 fully saturated rings. The first-order valence-electron chi connectivity index (χ1n) is 8.30. The average Bonchev–Trinajstić information content (AvgIpc) is 3.25. The lowest BCUT2D eigenvalue weighted by atomic mass is 10.0. The number of piperidine rings is 1. The summed E-state index contributed by atoms with van der Waals surface area (Å²) < 4.78 is 0. The van der Waals surface area contributed by atoms with Crippen molar-refractivity contribution in [3.05, 3.63) is 10.6 Å². The Morgan fingerprint density at radius 1 is 1.25 bits per heavy atom. The molecule has 1 aliphatic heterocycles. The molecule has 0 radical (unpaired) electrons. The van der Waals surface area contributed by atoms with Crippen LogP contribution in [0.2, 0.25) is 0 Å². The first kappa shape index (κ1) is 14.3. The summed E-state index contributed by atoms with van der Waals surface area (Å²) in [6.45, 7) is 7.74. The molecule has 2 heterocycles. The standard InChI is InChI=1S/C16H27N3S/c1-3-13-7-5-6-10-19(13)16-18-15(12-8-9-12)14(20-16)11-17-4-2/h12-13,17H,3-11H2,1-2H3. The lowest BCUT2D eigenvalue weighted by Gasteiger charge is -2.35. The van der Waals surface area contributed by atoms with Crippen LogP contribution in [0.15, 0.2) is 0 Å². The smallest absolute Gasteiger partial charge is 0.186 e. The Balaban J connectivity index is 1.81. The molecule has 0 spiro atoms. The Morgan fingerprint density at radius 2 is 2.10 bits per heavy atom. The topological polar surface area (TPSA) is 28.2 Å². The highest BCUT2D eigenvalue weighted by molar-refractivity contribution is 7.15. The molecule has 1 atom stereocenters. The van der Waals surface area contributed by atoms with E-state index in [0.717, 1.165) is 19.0 Å². The van der Waals surface area contributed by atoms with E-state index in [4.69, 9.17) is 4.98 Å². The fraction of sp³-hybridized carbons (Fsp3) is 0.812. The molecule has 20 heavy (non-hydrogen) atoms. The van der Waals surface area contributed by atoms with Crippen molar-refractivity contribution in [3.63, 3.8) is 0 Å². The van der Waals surface area contributed by atoms with Gasteiger partial charge in [0.25, 0.3) is 0 Å². The van der Waals surface area contributed by atoms with Crippen LogP contribution >= 0.6 is 11.3 Å². The van der Waals surface area contributed by atoms with Crippen molar-refractivity contribution in [2.45, 2.75) is 70.9 Å². The highest BCUT2D eigenvalue weighted by atomic mass is 32.1. The second-order valence-electron chi connectivity index (χ2n) is 6.11. The number of rotatable bonds is 6. The van der Waals surface area contributed by atoms with Crippen molar-refractivity contribution in [2.75, 3.05) is 18.0 Å². The van der Waals surface area contributed by atoms with Gasteiger partial charge in [0.05, 0.1) is 5.69 Å². The summed E-state index contributed by atoms with van der Waals surface area (Å²) >= 11 is 1.95. The quantitative estimate of drug-likeness (QED) is 0.862. The van der Waals surface area contributed by atoms with Crippen molar-refractivity contribution in [1.82, 2.24) is 10.3 Å². The molecule has 3 nitrogen and oxygen atoms in total. The summed E-state index contributed by atoms with van der Waals surface area (Å²) in [7, 11) is 0. The summed E-state index contributed by atoms with van der Waals surface area (Å²) in [5, 5.41) is 4.78. The normalized spacial score (nSPS) is 23.3. The molecule has 2 aliphatic rings. The molecule has 1 saturated heterocycles. The van der Waals surface area contributed by atoms with E-state index >= 15 is 0 Å². The third-order valence-corrected chi connectivity index (χ3v) is 5.67. The average molecular weight is 293 g/mol. The lowest BCUT2D eigenvalue weighted by molar-refractivity contribution is 0.449. The van der Waals surface area contributed by atoms with Gasteiger partial charge in [0.2, 0.25) is 0 Å². The van der Waals surface area contributed by atoms with Crippen LogP contribution in [0.1, 0.15) is 68.9 Å². The van der Waals surface area contributed by atoms with Crippen molar-refractivity contribution in [1.29, 1.82) is 0 Å². The number of anilines is 1. The number of nitrogens with one attached hydrogen (secondary N) is 1. The molecular weight excluding hydrogens is 266 g/mol. The summed E-state index contributed by atoms with van der Waals surface area (Å²) in [5.41, 5.74) is 1.41. The zero-order valence-electron chi connectivity index (χ0n) is 12.8. The molecule has 1 unspecified atom stereocenters. The van der Waals surface area contributed by atoms with Crippen LogP contribution in [0.3, 0.4) is 0 Å². The van der Waals surface area contributed by atoms with Crippen LogP contribution in [0.5, 0.6) is 0 Å². The monoisotopic (exact) mass is 293 g/mol. The summed E-state index contributed by atoms with van der Waals surface area (Å²) in [6, 6.07) is 0.717. The van der Waals surface area contributed by atoms with E-state index < -0.39 is 0 Å². The fourth-order valence-corrected chi connectivity index (χ4v) is 4.40. The van der Waals surface area contributed by atoms with Crippen molar-refractivity contribution in [3.8, 4) is 0 Å². The Hall–Kier alpha value is -0.610. The second-order valence-corrected chi connectivity index (χ2v) is 7.17. The number of nitrogens with zero attached hydrogens (tertiary/aromatic N) is 2. The maximum Gasteiger partial charge on any atom is 0.186 e. The summed E-state index contributed by atoms with van der Waals surface area (Å²) in [4.78, 5) is 9.13. The van der Waals surface area contributed by atoms with Gasteiger partial charge < -0.3 is 10.2 Å². The van der Waals surface area contributed by atoms with E-state index in [0.29, 0.717) is 6.04 Å². The van der Waals surface area contributed by atoms with Crippen molar-refractivity contribution < 1.29 is 0 Å². The van der Waals surface area contributed by atoms with E-state index in [9.17, 15) is 0 Å². The first-order valence-corrected chi connectivity index (χ1v) is 9.12. The Kier molecular flexibility index (Phi) is 4.61. The molecular formula is C16H27N3S. The molecule has 3 rings (SSSR count). The van der Waals surface area contributed by atoms with Crippen LogP contribution in [-0.2, 0) is 6.54 Å². The third kappa shape index (κ3) is 3.01. The summed E-state index contributed by atoms with van der Waals surface area (Å²) in [5.74, 6) is 0.763. The Morgan fingerprint density at radius 3 is 2.80 bits per heavy atom. The molecule has 4 heteroatoms. The van der Waals surface area contributed by atoms with Gasteiger partial charge in [0.1, 0.15) is 0 Å². The Bertz CT molecular complexity index is 439. The highest BCUT2D eigenvalue weighted by Gasteiger charge is 2.31. The van der Waals surface area contributed by atoms with Gasteiger partial charge in [-0.05, 0) is 45.1 Å². The molecule has 1 saturated carbocycles. The van der Waals surface area contributed by atoms with Gasteiger partial charge in [-0.3, -0.25) is 0 Å². The molecule has 112 valence electrons. The molecule has 0 aromatic carbocycles. The van der Waals surface area contributed by atoms with Gasteiger partial charge in [-0.2, -0.15) is 0 Å². The van der Waals surface area contributed by atoms with Crippen LogP contribution < -0.4 is 10.2 Å². The summed E-state index contributed by atoms with van der Waals surface area (Å²) in [6.07, 6.45) is 8.01. The highest BCUT2D eigenvalue weighted by Crippen LogP contribution is 2.44. The maximum atomic E-state index is 5.05. The molecule has 1 aromatic rings. The van der Waals surface area contributed by atoms with E-state index in [1.807, 2.05) is 11.3 Å². The molecule has 1 N–H and O–H groups in total. The minimum atomic E-state index is 0.717. The van der Waals surface area contributed by atoms with Gasteiger partial charge >= 0.3 is 0 Å². The SMILES string of the molecule is CCNCc1sc(N2CCCCC2CC)nc1C1CC1. The maximum absolute atomic E-state index is 5.05. The Labute approximate surface area is 126 Å². The van der Waals surface area contributed by atoms with Crippen LogP contribution in [-0.4, -0.2) is 24.1 Å². The van der Waals surface area contributed by atoms with E-state index in [-0.39, 0.29) is 0 Å². The fourth-order valence-electron chi connectivity index (χ4n) is 3.19. The minimum absolute atomic E-state index is 0.717. The third-order valence-electron chi connectivity index (χ3n) is 4.56. The van der Waals surface area contributed by atoms with Crippen LogP contribution in [0.25, 0.3) is 0 Å². The van der Waals surface area contributed by atoms with Crippen LogP contribution in [0.4, 0.5) is 5.13 Å². The van der Waals surface area contributed by atoms with Crippen LogP contribution in [0, 0.1) is 0 Å². The van der Waals surface area contributed by atoms with E-state index in [1.54, 1.807) is 0 Å². The van der Waals surface area contributed by atoms with E-state index in [1.165, 1.54) is 60.8 Å². The zero-order chi connectivity index (χ0) is 13.9. The van der Waals surface area contributed by atoms with Gasteiger partial charge in [-0.15, -0.1) is 11.3 Å².